The summed E-state index contributed by atoms with van der Waals surface area (Å²) >= 11 is 18.0. The van der Waals surface area contributed by atoms with Crippen LogP contribution in [0.4, 0.5) is 5.69 Å². The van der Waals surface area contributed by atoms with E-state index in [0.29, 0.717) is 50.7 Å². The molecule has 0 bridgehead atoms. The first-order chi connectivity index (χ1) is 14.4. The third-order valence-electron chi connectivity index (χ3n) is 4.24. The number of ether oxygens (including phenoxy) is 1. The van der Waals surface area contributed by atoms with Crippen LogP contribution in [-0.4, -0.2) is 18.3 Å². The summed E-state index contributed by atoms with van der Waals surface area (Å²) in [6, 6.07) is 18.6. The molecule has 0 radical (unpaired) electrons. The molecule has 1 N–H and O–H groups in total. The summed E-state index contributed by atoms with van der Waals surface area (Å²) in [7, 11) is 0. The van der Waals surface area contributed by atoms with Crippen molar-refractivity contribution in [2.24, 2.45) is 0 Å². The smallest absolute Gasteiger partial charge is 0.224 e. The Labute approximate surface area is 189 Å². The lowest BCUT2D eigenvalue weighted by atomic mass is 10.0. The van der Waals surface area contributed by atoms with E-state index in [4.69, 9.17) is 39.5 Å². The Hall–Kier alpha value is -2.53. The van der Waals surface area contributed by atoms with Gasteiger partial charge in [-0.05, 0) is 42.8 Å². The molecule has 0 spiro atoms. The molecule has 0 fully saturated rings. The van der Waals surface area contributed by atoms with E-state index >= 15 is 0 Å². The highest BCUT2D eigenvalue weighted by atomic mass is 35.5. The van der Waals surface area contributed by atoms with Gasteiger partial charge in [0.2, 0.25) is 5.91 Å². The van der Waals surface area contributed by atoms with Crippen LogP contribution in [0.25, 0.3) is 0 Å². The van der Waals surface area contributed by atoms with Crippen LogP contribution in [0, 0.1) is 0 Å². The van der Waals surface area contributed by atoms with Gasteiger partial charge in [-0.15, -0.1) is 0 Å². The highest BCUT2D eigenvalue weighted by molar-refractivity contribution is 6.35. The minimum Gasteiger partial charge on any atom is -0.492 e. The maximum atomic E-state index is 12.8. The number of hydrogen-bond donors (Lipinski definition) is 1. The number of amides is 1. The Balaban J connectivity index is 1.59. The van der Waals surface area contributed by atoms with Gasteiger partial charge in [0.1, 0.15) is 5.75 Å². The minimum atomic E-state index is -0.231. The van der Waals surface area contributed by atoms with E-state index in [1.54, 1.807) is 60.7 Å². The molecule has 0 atom stereocenters. The Kier molecular flexibility index (Phi) is 7.75. The van der Waals surface area contributed by atoms with Gasteiger partial charge in [0.05, 0.1) is 17.3 Å². The zero-order valence-electron chi connectivity index (χ0n) is 15.8. The number of nitrogens with one attached hydrogen (secondary N) is 1. The van der Waals surface area contributed by atoms with Crippen LogP contribution in [0.3, 0.4) is 0 Å². The minimum absolute atomic E-state index is 0.214. The largest absolute Gasteiger partial charge is 0.492 e. The van der Waals surface area contributed by atoms with Gasteiger partial charge in [-0.1, -0.05) is 65.1 Å². The van der Waals surface area contributed by atoms with E-state index in [9.17, 15) is 9.59 Å². The molecule has 3 aromatic carbocycles. The highest BCUT2D eigenvalue weighted by Gasteiger charge is 2.16. The fraction of sp³-hybridized carbons (Fsp3) is 0.130. The number of halogens is 3. The molecule has 0 aliphatic carbocycles. The SMILES string of the molecule is O=C(CCCOc1ccc(Cl)cc1Cl)Nc1ccc(Cl)cc1C(=O)c1ccccc1. The molecular weight excluding hydrogens is 445 g/mol. The molecule has 0 aliphatic rings. The molecule has 1 amide bonds. The van der Waals surface area contributed by atoms with Crippen molar-refractivity contribution in [3.05, 3.63) is 92.9 Å². The van der Waals surface area contributed by atoms with E-state index in [1.165, 1.54) is 0 Å². The van der Waals surface area contributed by atoms with E-state index in [1.807, 2.05) is 6.07 Å². The van der Waals surface area contributed by atoms with Gasteiger partial charge < -0.3 is 10.1 Å². The monoisotopic (exact) mass is 461 g/mol. The van der Waals surface area contributed by atoms with Gasteiger partial charge >= 0.3 is 0 Å². The summed E-state index contributed by atoms with van der Waals surface area (Å²) in [4.78, 5) is 25.2. The van der Waals surface area contributed by atoms with Gasteiger partial charge in [0.25, 0.3) is 0 Å². The Morgan fingerprint density at radius 2 is 1.57 bits per heavy atom. The highest BCUT2D eigenvalue weighted by Crippen LogP contribution is 2.28. The summed E-state index contributed by atoms with van der Waals surface area (Å²) in [6.07, 6.45) is 0.688. The molecule has 0 heterocycles. The summed E-state index contributed by atoms with van der Waals surface area (Å²) in [5.41, 5.74) is 1.27. The molecule has 0 saturated carbocycles. The first kappa shape index (κ1) is 22.2. The molecule has 3 rings (SSSR count). The number of anilines is 1. The lowest BCUT2D eigenvalue weighted by molar-refractivity contribution is -0.116. The maximum Gasteiger partial charge on any atom is 0.224 e. The van der Waals surface area contributed by atoms with E-state index in [0.717, 1.165) is 0 Å². The van der Waals surface area contributed by atoms with Crippen molar-refractivity contribution in [1.29, 1.82) is 0 Å². The summed E-state index contributed by atoms with van der Waals surface area (Å²) < 4.78 is 5.59. The second-order valence-corrected chi connectivity index (χ2v) is 7.74. The average molecular weight is 463 g/mol. The number of hydrogen-bond acceptors (Lipinski definition) is 3. The zero-order valence-corrected chi connectivity index (χ0v) is 18.1. The van der Waals surface area contributed by atoms with Crippen molar-refractivity contribution < 1.29 is 14.3 Å². The summed E-state index contributed by atoms with van der Waals surface area (Å²) in [5, 5.41) is 4.14. The quantitative estimate of drug-likeness (QED) is 0.300. The lowest BCUT2D eigenvalue weighted by Crippen LogP contribution is -2.16. The Morgan fingerprint density at radius 3 is 2.30 bits per heavy atom. The standard InChI is InChI=1S/C23H18Cl3NO3/c24-16-8-10-20(18(13-16)23(29)15-5-2-1-3-6-15)27-22(28)7-4-12-30-21-11-9-17(25)14-19(21)26/h1-3,5-6,8-11,13-14H,4,7,12H2,(H,27,28). The molecule has 0 aliphatic heterocycles. The molecule has 154 valence electrons. The average Bonchev–Trinajstić information content (AvgIpc) is 2.74. The lowest BCUT2D eigenvalue weighted by Gasteiger charge is -2.12. The predicted octanol–water partition coefficient (Wildman–Crippen LogP) is 6.68. The third-order valence-corrected chi connectivity index (χ3v) is 5.00. The van der Waals surface area contributed by atoms with Crippen LogP contribution in [0.15, 0.2) is 66.7 Å². The number of rotatable bonds is 8. The second kappa shape index (κ2) is 10.5. The van der Waals surface area contributed by atoms with Crippen molar-refractivity contribution in [3.63, 3.8) is 0 Å². The molecule has 7 heteroatoms. The van der Waals surface area contributed by atoms with Gasteiger partial charge in [0.15, 0.2) is 5.78 Å². The second-order valence-electron chi connectivity index (χ2n) is 6.46. The van der Waals surface area contributed by atoms with E-state index in [-0.39, 0.29) is 18.1 Å². The molecule has 30 heavy (non-hydrogen) atoms. The fourth-order valence-corrected chi connectivity index (χ4v) is 3.41. The van der Waals surface area contributed by atoms with Crippen LogP contribution < -0.4 is 10.1 Å². The van der Waals surface area contributed by atoms with Crippen molar-refractivity contribution in [1.82, 2.24) is 0 Å². The Bertz CT molecular complexity index is 1050. The first-order valence-electron chi connectivity index (χ1n) is 9.21. The summed E-state index contributed by atoms with van der Waals surface area (Å²) in [5.74, 6) is 0.0641. The van der Waals surface area contributed by atoms with Gasteiger partial charge in [0, 0.05) is 27.6 Å². The normalized spacial score (nSPS) is 10.5. The van der Waals surface area contributed by atoms with Crippen molar-refractivity contribution in [2.75, 3.05) is 11.9 Å². The molecular formula is C23H18Cl3NO3. The molecule has 3 aromatic rings. The number of carbonyl (C=O) groups is 2. The van der Waals surface area contributed by atoms with Crippen molar-refractivity contribution in [2.45, 2.75) is 12.8 Å². The molecule has 0 aromatic heterocycles. The summed E-state index contributed by atoms with van der Waals surface area (Å²) in [6.45, 7) is 0.311. The van der Waals surface area contributed by atoms with E-state index < -0.39 is 0 Å². The van der Waals surface area contributed by atoms with Crippen LogP contribution in [0.2, 0.25) is 15.1 Å². The molecule has 0 unspecified atom stereocenters. The Morgan fingerprint density at radius 1 is 0.867 bits per heavy atom. The van der Waals surface area contributed by atoms with Crippen molar-refractivity contribution in [3.8, 4) is 5.75 Å². The number of carbonyl (C=O) groups excluding carboxylic acids is 2. The fourth-order valence-electron chi connectivity index (χ4n) is 2.78. The van der Waals surface area contributed by atoms with Crippen LogP contribution >= 0.6 is 34.8 Å². The van der Waals surface area contributed by atoms with Crippen LogP contribution in [0.5, 0.6) is 5.75 Å². The number of ketones is 1. The van der Waals surface area contributed by atoms with Crippen molar-refractivity contribution >= 4 is 52.2 Å². The van der Waals surface area contributed by atoms with Gasteiger partial charge in [-0.3, -0.25) is 9.59 Å². The molecule has 0 saturated heterocycles. The van der Waals surface area contributed by atoms with Crippen LogP contribution in [-0.2, 0) is 4.79 Å². The maximum absolute atomic E-state index is 12.8. The van der Waals surface area contributed by atoms with Gasteiger partial charge in [-0.2, -0.15) is 0 Å². The van der Waals surface area contributed by atoms with E-state index in [2.05, 4.69) is 5.32 Å². The number of benzene rings is 3. The van der Waals surface area contributed by atoms with Crippen LogP contribution in [0.1, 0.15) is 28.8 Å². The van der Waals surface area contributed by atoms with Gasteiger partial charge in [-0.25, -0.2) is 0 Å². The first-order valence-corrected chi connectivity index (χ1v) is 10.3. The third kappa shape index (κ3) is 5.99. The molecule has 4 nitrogen and oxygen atoms in total. The topological polar surface area (TPSA) is 55.4 Å². The predicted molar refractivity (Wildman–Crippen MR) is 121 cm³/mol. The zero-order chi connectivity index (χ0) is 21.5.